The summed E-state index contributed by atoms with van der Waals surface area (Å²) in [6, 6.07) is -0.956. The summed E-state index contributed by atoms with van der Waals surface area (Å²) in [6.07, 6.45) is -1.80. The monoisotopic (exact) mass is 251 g/mol. The van der Waals surface area contributed by atoms with E-state index in [-0.39, 0.29) is 5.91 Å². The molecule has 6 nitrogen and oxygen atoms in total. The molecule has 1 aliphatic rings. The summed E-state index contributed by atoms with van der Waals surface area (Å²) in [5.41, 5.74) is -2.38. The fourth-order valence-electron chi connectivity index (χ4n) is 1.50. The van der Waals surface area contributed by atoms with Gasteiger partial charge < -0.3 is 25.7 Å². The van der Waals surface area contributed by atoms with Crippen molar-refractivity contribution in [1.29, 1.82) is 0 Å². The van der Waals surface area contributed by atoms with Gasteiger partial charge in [0.2, 0.25) is 5.91 Å². The molecule has 1 aliphatic heterocycles. The lowest BCUT2D eigenvalue weighted by atomic mass is 10.1. The minimum absolute atomic E-state index is 0.291. The standard InChI is InChI=1S/C9H17NO5S/c1-2-3-4(11)10-5-6(12)7(13)9(15)16-8(5)14/h5-9,12-15H,2-3H2,1H3,(H,10,11)/t5-,6-,7+,8?,9+/m1/s1. The van der Waals surface area contributed by atoms with Crippen LogP contribution in [0.1, 0.15) is 19.8 Å². The van der Waals surface area contributed by atoms with Crippen molar-refractivity contribution in [2.75, 3.05) is 0 Å². The van der Waals surface area contributed by atoms with Gasteiger partial charge in [-0.15, -0.1) is 0 Å². The van der Waals surface area contributed by atoms with E-state index in [1.807, 2.05) is 6.92 Å². The highest BCUT2D eigenvalue weighted by Gasteiger charge is 2.43. The number of nitrogens with one attached hydrogen (secondary N) is 1. The Labute approximate surface area is 97.7 Å². The van der Waals surface area contributed by atoms with Crippen molar-refractivity contribution in [2.24, 2.45) is 0 Å². The normalized spacial score (nSPS) is 39.4. The molecule has 0 aliphatic carbocycles. The van der Waals surface area contributed by atoms with E-state index in [0.717, 1.165) is 0 Å². The fraction of sp³-hybridized carbons (Fsp3) is 0.889. The highest BCUT2D eigenvalue weighted by atomic mass is 32.2. The number of hydrogen-bond acceptors (Lipinski definition) is 6. The van der Waals surface area contributed by atoms with Gasteiger partial charge in [-0.2, -0.15) is 0 Å². The molecule has 0 radical (unpaired) electrons. The van der Waals surface area contributed by atoms with E-state index in [4.69, 9.17) is 0 Å². The third-order valence-corrected chi connectivity index (χ3v) is 3.53. The Hall–Kier alpha value is -0.340. The van der Waals surface area contributed by atoms with Gasteiger partial charge in [-0.05, 0) is 6.42 Å². The van der Waals surface area contributed by atoms with E-state index in [1.165, 1.54) is 0 Å². The molecule has 1 saturated heterocycles. The van der Waals surface area contributed by atoms with Crippen molar-refractivity contribution in [3.63, 3.8) is 0 Å². The summed E-state index contributed by atoms with van der Waals surface area (Å²) in [5.74, 6) is -0.296. The Kier molecular flexibility index (Phi) is 5.00. The largest absolute Gasteiger partial charge is 0.388 e. The van der Waals surface area contributed by atoms with E-state index < -0.39 is 29.1 Å². The Bertz CT molecular complexity index is 252. The Morgan fingerprint density at radius 2 is 1.81 bits per heavy atom. The molecule has 0 bridgehead atoms. The van der Waals surface area contributed by atoms with Gasteiger partial charge in [0.15, 0.2) is 0 Å². The van der Waals surface area contributed by atoms with Gasteiger partial charge >= 0.3 is 0 Å². The molecular formula is C9H17NO5S. The van der Waals surface area contributed by atoms with Gasteiger partial charge in [0.1, 0.15) is 23.1 Å². The predicted molar refractivity (Wildman–Crippen MR) is 58.5 cm³/mol. The molecule has 1 rings (SSSR count). The SMILES string of the molecule is CCCC(=O)N[C@H]1C(O)S[C@H](O)[C@@H](O)[C@@H]1O. The van der Waals surface area contributed by atoms with Crippen LogP contribution in [0.3, 0.4) is 0 Å². The van der Waals surface area contributed by atoms with Crippen LogP contribution in [-0.2, 0) is 4.79 Å². The second-order valence-corrected chi connectivity index (χ2v) is 4.98. The van der Waals surface area contributed by atoms with Crippen molar-refractivity contribution >= 4 is 17.7 Å². The summed E-state index contributed by atoms with van der Waals surface area (Å²) in [4.78, 5) is 11.3. The van der Waals surface area contributed by atoms with Gasteiger partial charge in [-0.1, -0.05) is 18.7 Å². The summed E-state index contributed by atoms with van der Waals surface area (Å²) in [5, 5.41) is 40.2. The first-order valence-corrected chi connectivity index (χ1v) is 6.08. The van der Waals surface area contributed by atoms with Crippen LogP contribution >= 0.6 is 11.8 Å². The van der Waals surface area contributed by atoms with Crippen LogP contribution in [0.15, 0.2) is 0 Å². The number of carbonyl (C=O) groups is 1. The lowest BCUT2D eigenvalue weighted by Gasteiger charge is -2.38. The minimum atomic E-state index is -1.37. The molecule has 1 fully saturated rings. The molecule has 5 atom stereocenters. The zero-order chi connectivity index (χ0) is 12.3. The van der Waals surface area contributed by atoms with Gasteiger partial charge in [0, 0.05) is 6.42 Å². The van der Waals surface area contributed by atoms with Crippen LogP contribution in [0.5, 0.6) is 0 Å². The first-order chi connectivity index (χ1) is 7.47. The molecule has 0 aromatic carbocycles. The number of rotatable bonds is 3. The lowest BCUT2D eigenvalue weighted by molar-refractivity contribution is -0.126. The lowest BCUT2D eigenvalue weighted by Crippen LogP contribution is -2.60. The van der Waals surface area contributed by atoms with Gasteiger partial charge in [0.25, 0.3) is 0 Å². The number of thioether (sulfide) groups is 1. The maximum atomic E-state index is 11.3. The van der Waals surface area contributed by atoms with Crippen molar-refractivity contribution < 1.29 is 25.2 Å². The van der Waals surface area contributed by atoms with E-state index in [0.29, 0.717) is 24.6 Å². The maximum Gasteiger partial charge on any atom is 0.220 e. The predicted octanol–water partition coefficient (Wildman–Crippen LogP) is -1.62. The molecule has 0 aromatic rings. The first-order valence-electron chi connectivity index (χ1n) is 5.14. The Morgan fingerprint density at radius 3 is 2.38 bits per heavy atom. The molecular weight excluding hydrogens is 234 g/mol. The van der Waals surface area contributed by atoms with Crippen molar-refractivity contribution in [1.82, 2.24) is 5.32 Å². The third-order valence-electron chi connectivity index (χ3n) is 2.40. The first kappa shape index (κ1) is 13.7. The van der Waals surface area contributed by atoms with Crippen molar-refractivity contribution in [3.05, 3.63) is 0 Å². The van der Waals surface area contributed by atoms with Crippen LogP contribution in [0, 0.1) is 0 Å². The molecule has 0 aromatic heterocycles. The molecule has 0 spiro atoms. The van der Waals surface area contributed by atoms with Crippen molar-refractivity contribution in [2.45, 2.75) is 48.9 Å². The number of aliphatic hydroxyl groups excluding tert-OH is 4. The summed E-state index contributed by atoms with van der Waals surface area (Å²) >= 11 is 0.708. The van der Waals surface area contributed by atoms with E-state index in [1.54, 1.807) is 0 Å². The molecule has 1 amide bonds. The van der Waals surface area contributed by atoms with Crippen LogP contribution in [0.2, 0.25) is 0 Å². The number of aliphatic hydroxyl groups is 4. The molecule has 1 heterocycles. The van der Waals surface area contributed by atoms with Crippen LogP contribution in [0.4, 0.5) is 0 Å². The second-order valence-electron chi connectivity index (χ2n) is 3.74. The van der Waals surface area contributed by atoms with Crippen LogP contribution < -0.4 is 5.32 Å². The number of hydrogen-bond donors (Lipinski definition) is 5. The van der Waals surface area contributed by atoms with Gasteiger partial charge in [0.05, 0.1) is 6.04 Å². The Morgan fingerprint density at radius 1 is 1.19 bits per heavy atom. The third kappa shape index (κ3) is 3.08. The average molecular weight is 251 g/mol. The zero-order valence-corrected chi connectivity index (χ0v) is 9.72. The molecule has 0 saturated carbocycles. The van der Waals surface area contributed by atoms with Crippen LogP contribution in [-0.4, -0.2) is 55.5 Å². The second kappa shape index (κ2) is 5.83. The summed E-state index contributed by atoms with van der Waals surface area (Å²) in [6.45, 7) is 1.83. The van der Waals surface area contributed by atoms with Gasteiger partial charge in [-0.25, -0.2) is 0 Å². The van der Waals surface area contributed by atoms with E-state index in [9.17, 15) is 25.2 Å². The zero-order valence-electron chi connectivity index (χ0n) is 8.91. The maximum absolute atomic E-state index is 11.3. The Balaban J connectivity index is 2.60. The topological polar surface area (TPSA) is 110 Å². The number of carbonyl (C=O) groups excluding carboxylic acids is 1. The van der Waals surface area contributed by atoms with E-state index >= 15 is 0 Å². The summed E-state index contributed by atoms with van der Waals surface area (Å²) < 4.78 is 0. The summed E-state index contributed by atoms with van der Waals surface area (Å²) in [7, 11) is 0. The minimum Gasteiger partial charge on any atom is -0.388 e. The van der Waals surface area contributed by atoms with Gasteiger partial charge in [-0.3, -0.25) is 4.79 Å². The number of amides is 1. The molecule has 7 heteroatoms. The highest BCUT2D eigenvalue weighted by molar-refractivity contribution is 8.00. The smallest absolute Gasteiger partial charge is 0.220 e. The molecule has 5 N–H and O–H groups in total. The molecule has 16 heavy (non-hydrogen) atoms. The average Bonchev–Trinajstić information content (AvgIpc) is 2.22. The fourth-order valence-corrected chi connectivity index (χ4v) is 2.51. The molecule has 94 valence electrons. The quantitative estimate of drug-likeness (QED) is 0.412. The van der Waals surface area contributed by atoms with E-state index in [2.05, 4.69) is 5.32 Å². The van der Waals surface area contributed by atoms with Crippen molar-refractivity contribution in [3.8, 4) is 0 Å². The highest BCUT2D eigenvalue weighted by Crippen LogP contribution is 2.29. The van der Waals surface area contributed by atoms with Crippen LogP contribution in [0.25, 0.3) is 0 Å². The molecule has 1 unspecified atom stereocenters.